The van der Waals surface area contributed by atoms with Gasteiger partial charge in [-0.05, 0) is 55.7 Å². The standard InChI is InChI=1S/C25H25N3O3S/c1-25(2,3)31-24(29)28-23(16-9-11-18(30-4)12-10-16)20-15-32-21-8-6-5-7-19(21)22(20)17(13-26)14-27/h5-12,20,23H,15H2,1-4H3,(H,28,29)/t20-,23+/m1/s1. The first kappa shape index (κ1) is 23.2. The maximum absolute atomic E-state index is 12.8. The summed E-state index contributed by atoms with van der Waals surface area (Å²) >= 11 is 1.64. The second-order valence-electron chi connectivity index (χ2n) is 8.32. The van der Waals surface area contributed by atoms with Crippen LogP contribution in [0.3, 0.4) is 0 Å². The Labute approximate surface area is 192 Å². The highest BCUT2D eigenvalue weighted by Crippen LogP contribution is 2.46. The summed E-state index contributed by atoms with van der Waals surface area (Å²) in [6.45, 7) is 5.41. The number of amides is 1. The lowest BCUT2D eigenvalue weighted by atomic mass is 9.82. The summed E-state index contributed by atoms with van der Waals surface area (Å²) < 4.78 is 10.8. The number of allylic oxidation sites excluding steroid dienone is 1. The van der Waals surface area contributed by atoms with E-state index in [0.717, 1.165) is 16.0 Å². The molecule has 0 spiro atoms. The van der Waals surface area contributed by atoms with Gasteiger partial charge in [-0.1, -0.05) is 30.3 Å². The van der Waals surface area contributed by atoms with Crippen LogP contribution in [0.25, 0.3) is 5.57 Å². The molecule has 0 radical (unpaired) electrons. The maximum atomic E-state index is 12.8. The number of nitrogens with zero attached hydrogens (tertiary/aromatic N) is 2. The van der Waals surface area contributed by atoms with Gasteiger partial charge in [-0.25, -0.2) is 4.79 Å². The average Bonchev–Trinajstić information content (AvgIpc) is 2.77. The van der Waals surface area contributed by atoms with Crippen LogP contribution in [0, 0.1) is 28.6 Å². The molecule has 7 heteroatoms. The number of alkyl carbamates (subject to hydrolysis) is 1. The number of benzene rings is 2. The van der Waals surface area contributed by atoms with Crippen molar-refractivity contribution in [3.63, 3.8) is 0 Å². The lowest BCUT2D eigenvalue weighted by Crippen LogP contribution is -2.39. The molecule has 164 valence electrons. The van der Waals surface area contributed by atoms with Crippen LogP contribution >= 0.6 is 11.8 Å². The van der Waals surface area contributed by atoms with E-state index in [2.05, 4.69) is 17.5 Å². The van der Waals surface area contributed by atoms with E-state index in [1.54, 1.807) is 39.6 Å². The summed E-state index contributed by atoms with van der Waals surface area (Å²) in [6, 6.07) is 18.7. The van der Waals surface area contributed by atoms with E-state index in [4.69, 9.17) is 9.47 Å². The molecule has 0 aromatic heterocycles. The van der Waals surface area contributed by atoms with Crippen LogP contribution in [-0.2, 0) is 4.74 Å². The Bertz CT molecular complexity index is 1090. The van der Waals surface area contributed by atoms with Crippen molar-refractivity contribution in [1.82, 2.24) is 5.32 Å². The molecular weight excluding hydrogens is 422 g/mol. The van der Waals surface area contributed by atoms with E-state index in [1.807, 2.05) is 48.5 Å². The number of fused-ring (bicyclic) bond motifs is 1. The lowest BCUT2D eigenvalue weighted by molar-refractivity contribution is 0.0495. The van der Waals surface area contributed by atoms with Gasteiger partial charge in [-0.3, -0.25) is 0 Å². The average molecular weight is 448 g/mol. The number of carbonyl (C=O) groups is 1. The van der Waals surface area contributed by atoms with Crippen molar-refractivity contribution in [2.24, 2.45) is 5.92 Å². The summed E-state index contributed by atoms with van der Waals surface area (Å²) in [5.41, 5.74) is 1.70. The molecule has 0 fully saturated rings. The first-order chi connectivity index (χ1) is 15.3. The van der Waals surface area contributed by atoms with Gasteiger partial charge in [0.25, 0.3) is 0 Å². The molecule has 0 saturated heterocycles. The zero-order chi connectivity index (χ0) is 23.3. The predicted molar refractivity (Wildman–Crippen MR) is 124 cm³/mol. The summed E-state index contributed by atoms with van der Waals surface area (Å²) in [5.74, 6) is 0.967. The molecule has 0 saturated carbocycles. The first-order valence-electron chi connectivity index (χ1n) is 10.2. The van der Waals surface area contributed by atoms with E-state index >= 15 is 0 Å². The fraction of sp³-hybridized carbons (Fsp3) is 0.320. The molecular formula is C25H25N3O3S. The largest absolute Gasteiger partial charge is 0.497 e. The highest BCUT2D eigenvalue weighted by atomic mass is 32.2. The molecule has 0 bridgehead atoms. The van der Waals surface area contributed by atoms with Gasteiger partial charge in [-0.15, -0.1) is 11.8 Å². The van der Waals surface area contributed by atoms with Crippen LogP contribution < -0.4 is 10.1 Å². The van der Waals surface area contributed by atoms with Crippen LogP contribution in [0.15, 0.2) is 59.0 Å². The maximum Gasteiger partial charge on any atom is 0.408 e. The van der Waals surface area contributed by atoms with Gasteiger partial charge in [0.15, 0.2) is 0 Å². The number of hydrogen-bond donors (Lipinski definition) is 1. The third-order valence-corrected chi connectivity index (χ3v) is 6.20. The van der Waals surface area contributed by atoms with Gasteiger partial charge in [0.05, 0.1) is 13.2 Å². The molecule has 6 nitrogen and oxygen atoms in total. The van der Waals surface area contributed by atoms with Gasteiger partial charge in [0.2, 0.25) is 0 Å². The van der Waals surface area contributed by atoms with Crippen LogP contribution in [-0.4, -0.2) is 24.6 Å². The number of thioether (sulfide) groups is 1. The highest BCUT2D eigenvalue weighted by molar-refractivity contribution is 7.99. The van der Waals surface area contributed by atoms with E-state index in [-0.39, 0.29) is 11.5 Å². The van der Waals surface area contributed by atoms with Gasteiger partial charge in [0, 0.05) is 16.6 Å². The molecule has 0 aliphatic carbocycles. The second kappa shape index (κ2) is 9.80. The Morgan fingerprint density at radius 3 is 2.38 bits per heavy atom. The zero-order valence-electron chi connectivity index (χ0n) is 18.5. The highest BCUT2D eigenvalue weighted by Gasteiger charge is 2.36. The minimum absolute atomic E-state index is 0.0484. The minimum Gasteiger partial charge on any atom is -0.497 e. The van der Waals surface area contributed by atoms with Crippen LogP contribution in [0.5, 0.6) is 5.75 Å². The first-order valence-corrected chi connectivity index (χ1v) is 11.2. The number of rotatable bonds is 4. The summed E-state index contributed by atoms with van der Waals surface area (Å²) in [6.07, 6.45) is -0.558. The van der Waals surface area contributed by atoms with E-state index < -0.39 is 17.7 Å². The Morgan fingerprint density at radius 1 is 1.12 bits per heavy atom. The predicted octanol–water partition coefficient (Wildman–Crippen LogP) is 5.48. The lowest BCUT2D eigenvalue weighted by Gasteiger charge is -2.35. The van der Waals surface area contributed by atoms with Gasteiger partial charge < -0.3 is 14.8 Å². The molecule has 1 aliphatic heterocycles. The van der Waals surface area contributed by atoms with Crippen molar-refractivity contribution < 1.29 is 14.3 Å². The molecule has 1 amide bonds. The fourth-order valence-electron chi connectivity index (χ4n) is 3.67. The molecule has 32 heavy (non-hydrogen) atoms. The van der Waals surface area contributed by atoms with Gasteiger partial charge >= 0.3 is 6.09 Å². The number of hydrogen-bond acceptors (Lipinski definition) is 6. The molecule has 2 aromatic rings. The Hall–Kier alpha value is -3.42. The Balaban J connectivity index is 2.11. The number of carbonyl (C=O) groups excluding carboxylic acids is 1. The van der Waals surface area contributed by atoms with Crippen molar-refractivity contribution in [2.75, 3.05) is 12.9 Å². The van der Waals surface area contributed by atoms with E-state index in [9.17, 15) is 15.3 Å². The summed E-state index contributed by atoms with van der Waals surface area (Å²) in [4.78, 5) is 13.8. The molecule has 1 N–H and O–H groups in total. The molecule has 0 unspecified atom stereocenters. The summed E-state index contributed by atoms with van der Waals surface area (Å²) in [5, 5.41) is 22.4. The van der Waals surface area contributed by atoms with Crippen molar-refractivity contribution in [3.05, 3.63) is 65.2 Å². The van der Waals surface area contributed by atoms with Crippen molar-refractivity contribution in [3.8, 4) is 17.9 Å². The number of ether oxygens (including phenoxy) is 2. The van der Waals surface area contributed by atoms with Gasteiger partial charge in [-0.2, -0.15) is 10.5 Å². The minimum atomic E-state index is -0.661. The Kier molecular flexibility index (Phi) is 7.12. The molecule has 2 aromatic carbocycles. The molecule has 1 aliphatic rings. The van der Waals surface area contributed by atoms with Crippen molar-refractivity contribution in [1.29, 1.82) is 10.5 Å². The fourth-order valence-corrected chi connectivity index (χ4v) is 4.89. The topological polar surface area (TPSA) is 95.1 Å². The van der Waals surface area contributed by atoms with Crippen molar-refractivity contribution in [2.45, 2.75) is 37.3 Å². The normalized spacial score (nSPS) is 16.1. The monoisotopic (exact) mass is 447 g/mol. The SMILES string of the molecule is COc1ccc([C@H](NC(=O)OC(C)(C)C)[C@@H]2CSc3ccccc3C2=C(C#N)C#N)cc1. The number of methoxy groups -OCH3 is 1. The molecule has 2 atom stereocenters. The third kappa shape index (κ3) is 5.25. The zero-order valence-corrected chi connectivity index (χ0v) is 19.3. The number of nitrogens with one attached hydrogen (secondary N) is 1. The second-order valence-corrected chi connectivity index (χ2v) is 9.38. The summed E-state index contributed by atoms with van der Waals surface area (Å²) in [7, 11) is 1.59. The quantitative estimate of drug-likeness (QED) is 0.623. The van der Waals surface area contributed by atoms with Crippen LogP contribution in [0.1, 0.15) is 37.9 Å². The number of nitriles is 2. The van der Waals surface area contributed by atoms with Gasteiger partial charge in [0.1, 0.15) is 29.1 Å². The third-order valence-electron chi connectivity index (χ3n) is 5.01. The van der Waals surface area contributed by atoms with E-state index in [1.165, 1.54) is 0 Å². The Morgan fingerprint density at radius 2 is 1.78 bits per heavy atom. The van der Waals surface area contributed by atoms with Crippen LogP contribution in [0.2, 0.25) is 0 Å². The molecule has 3 rings (SSSR count). The van der Waals surface area contributed by atoms with E-state index in [0.29, 0.717) is 17.1 Å². The molecule has 1 heterocycles. The smallest absolute Gasteiger partial charge is 0.408 e. The van der Waals surface area contributed by atoms with Crippen LogP contribution in [0.4, 0.5) is 4.79 Å². The van der Waals surface area contributed by atoms with Crippen molar-refractivity contribution >= 4 is 23.4 Å².